The minimum absolute atomic E-state index is 0.122. The maximum atomic E-state index is 12.3. The number of pyridine rings is 2. The van der Waals surface area contributed by atoms with Crippen LogP contribution in [-0.4, -0.2) is 15.9 Å². The number of halogens is 2. The number of fused-ring (bicyclic) bond motifs is 1. The van der Waals surface area contributed by atoms with Crippen molar-refractivity contribution in [2.75, 3.05) is 0 Å². The van der Waals surface area contributed by atoms with Gasteiger partial charge in [-0.25, -0.2) is 0 Å². The third-order valence-electron chi connectivity index (χ3n) is 3.30. The molecule has 7 heteroatoms. The van der Waals surface area contributed by atoms with Gasteiger partial charge in [-0.3, -0.25) is 14.6 Å². The lowest BCUT2D eigenvalue weighted by molar-refractivity contribution is 0.0999. The van der Waals surface area contributed by atoms with Crippen molar-refractivity contribution < 1.29 is 4.79 Å². The van der Waals surface area contributed by atoms with E-state index in [-0.39, 0.29) is 10.9 Å². The third-order valence-corrected chi connectivity index (χ3v) is 4.12. The molecule has 2 aromatic heterocycles. The number of hydrogen-bond acceptors (Lipinski definition) is 3. The maximum Gasteiger partial charge on any atom is 0.254 e. The van der Waals surface area contributed by atoms with E-state index in [1.165, 1.54) is 12.4 Å². The number of H-pyrrole nitrogens is 1. The van der Waals surface area contributed by atoms with Crippen LogP contribution in [0.5, 0.6) is 0 Å². The van der Waals surface area contributed by atoms with Crippen LogP contribution in [0.15, 0.2) is 41.6 Å². The highest BCUT2D eigenvalue weighted by atomic mass is 35.5. The number of nitrogens with two attached hydrogens (primary N) is 1. The standard InChI is InChI=1S/C15H9Cl2N3O2/c16-11-3-1-2-7(12(11)17)8-4-19-5-9-13(8)20-6-10(14(9)21)15(18)22/h1-6H,(H2,18,22)(H,20,21). The van der Waals surface area contributed by atoms with Crippen molar-refractivity contribution >= 4 is 40.0 Å². The Morgan fingerprint density at radius 1 is 1.18 bits per heavy atom. The second-order valence-electron chi connectivity index (χ2n) is 4.61. The van der Waals surface area contributed by atoms with Crippen LogP contribution in [-0.2, 0) is 0 Å². The fraction of sp³-hybridized carbons (Fsp3) is 0. The first-order valence-electron chi connectivity index (χ1n) is 6.24. The Hall–Kier alpha value is -2.37. The van der Waals surface area contributed by atoms with Gasteiger partial charge >= 0.3 is 0 Å². The van der Waals surface area contributed by atoms with Crippen LogP contribution in [0.3, 0.4) is 0 Å². The van der Waals surface area contributed by atoms with Crippen molar-refractivity contribution in [3.05, 3.63) is 62.6 Å². The van der Waals surface area contributed by atoms with Gasteiger partial charge in [0.2, 0.25) is 5.43 Å². The second-order valence-corrected chi connectivity index (χ2v) is 5.39. The Morgan fingerprint density at radius 3 is 2.68 bits per heavy atom. The average molecular weight is 334 g/mol. The summed E-state index contributed by atoms with van der Waals surface area (Å²) in [5.41, 5.74) is 6.33. The SMILES string of the molecule is NC(=O)c1c[nH]c2c(-c3cccc(Cl)c3Cl)cncc2c1=O. The highest BCUT2D eigenvalue weighted by molar-refractivity contribution is 6.43. The molecule has 0 unspecified atom stereocenters. The molecule has 0 aliphatic rings. The number of amides is 1. The normalized spacial score (nSPS) is 10.8. The third kappa shape index (κ3) is 2.24. The predicted molar refractivity (Wildman–Crippen MR) is 86.3 cm³/mol. The molecule has 1 amide bonds. The summed E-state index contributed by atoms with van der Waals surface area (Å²) in [5.74, 6) is -0.797. The summed E-state index contributed by atoms with van der Waals surface area (Å²) >= 11 is 12.3. The Kier molecular flexibility index (Phi) is 3.60. The van der Waals surface area contributed by atoms with E-state index in [0.29, 0.717) is 26.7 Å². The number of aromatic nitrogens is 2. The maximum absolute atomic E-state index is 12.3. The summed E-state index contributed by atoms with van der Waals surface area (Å²) in [6.45, 7) is 0. The first kappa shape index (κ1) is 14.6. The molecule has 5 nitrogen and oxygen atoms in total. The molecule has 3 aromatic rings. The Balaban J connectivity index is 2.38. The summed E-state index contributed by atoms with van der Waals surface area (Å²) in [7, 11) is 0. The summed E-state index contributed by atoms with van der Waals surface area (Å²) in [6, 6.07) is 5.18. The number of nitrogens with zero attached hydrogens (tertiary/aromatic N) is 1. The molecule has 0 bridgehead atoms. The van der Waals surface area contributed by atoms with Gasteiger partial charge in [-0.15, -0.1) is 0 Å². The van der Waals surface area contributed by atoms with E-state index in [1.54, 1.807) is 24.4 Å². The fourth-order valence-corrected chi connectivity index (χ4v) is 2.64. The average Bonchev–Trinajstić information content (AvgIpc) is 2.50. The van der Waals surface area contributed by atoms with Gasteiger partial charge < -0.3 is 10.7 Å². The van der Waals surface area contributed by atoms with Crippen molar-refractivity contribution in [2.45, 2.75) is 0 Å². The molecule has 0 spiro atoms. The quantitative estimate of drug-likeness (QED) is 0.755. The van der Waals surface area contributed by atoms with Gasteiger partial charge in [0.1, 0.15) is 5.56 Å². The smallest absolute Gasteiger partial charge is 0.254 e. The van der Waals surface area contributed by atoms with Gasteiger partial charge in [-0.1, -0.05) is 35.3 Å². The molecule has 22 heavy (non-hydrogen) atoms. The van der Waals surface area contributed by atoms with Crippen molar-refractivity contribution in [2.24, 2.45) is 5.73 Å². The van der Waals surface area contributed by atoms with Crippen molar-refractivity contribution in [3.8, 4) is 11.1 Å². The van der Waals surface area contributed by atoms with Crippen LogP contribution >= 0.6 is 23.2 Å². The number of nitrogens with one attached hydrogen (secondary N) is 1. The molecule has 2 heterocycles. The minimum Gasteiger partial charge on any atom is -0.365 e. The van der Waals surface area contributed by atoms with Crippen LogP contribution in [0.4, 0.5) is 0 Å². The lowest BCUT2D eigenvalue weighted by atomic mass is 10.0. The van der Waals surface area contributed by atoms with E-state index in [9.17, 15) is 9.59 Å². The molecule has 3 rings (SSSR count). The van der Waals surface area contributed by atoms with E-state index >= 15 is 0 Å². The minimum atomic E-state index is -0.797. The molecule has 110 valence electrons. The van der Waals surface area contributed by atoms with Gasteiger partial charge in [0.15, 0.2) is 0 Å². The number of primary amides is 1. The predicted octanol–water partition coefficient (Wildman–Crippen LogP) is 3.00. The number of aromatic amines is 1. The van der Waals surface area contributed by atoms with Crippen LogP contribution in [0.25, 0.3) is 22.0 Å². The van der Waals surface area contributed by atoms with Crippen molar-refractivity contribution in [1.29, 1.82) is 0 Å². The van der Waals surface area contributed by atoms with E-state index < -0.39 is 11.3 Å². The molecule has 0 radical (unpaired) electrons. The zero-order valence-electron chi connectivity index (χ0n) is 11.1. The number of benzene rings is 1. The molecular formula is C15H9Cl2N3O2. The molecule has 0 atom stereocenters. The number of carbonyl (C=O) groups excluding carboxylic acids is 1. The summed E-state index contributed by atoms with van der Waals surface area (Å²) in [4.78, 5) is 30.5. The number of rotatable bonds is 2. The van der Waals surface area contributed by atoms with Gasteiger partial charge in [-0.05, 0) is 6.07 Å². The van der Waals surface area contributed by atoms with Gasteiger partial charge in [0.05, 0.1) is 20.9 Å². The number of carbonyl (C=O) groups is 1. The monoisotopic (exact) mass is 333 g/mol. The Bertz CT molecular complexity index is 967. The highest BCUT2D eigenvalue weighted by Gasteiger charge is 2.15. The largest absolute Gasteiger partial charge is 0.365 e. The second kappa shape index (κ2) is 5.44. The van der Waals surface area contributed by atoms with Crippen molar-refractivity contribution in [1.82, 2.24) is 9.97 Å². The molecule has 0 aliphatic heterocycles. The van der Waals surface area contributed by atoms with E-state index in [2.05, 4.69) is 9.97 Å². The first-order valence-corrected chi connectivity index (χ1v) is 7.00. The topological polar surface area (TPSA) is 88.8 Å². The first-order chi connectivity index (χ1) is 10.5. The van der Waals surface area contributed by atoms with Crippen LogP contribution in [0.2, 0.25) is 10.0 Å². The molecule has 3 N–H and O–H groups in total. The van der Waals surface area contributed by atoms with Crippen LogP contribution < -0.4 is 11.2 Å². The van der Waals surface area contributed by atoms with Gasteiger partial charge in [0.25, 0.3) is 5.91 Å². The van der Waals surface area contributed by atoms with Gasteiger partial charge in [0, 0.05) is 29.7 Å². The zero-order chi connectivity index (χ0) is 15.9. The van der Waals surface area contributed by atoms with Gasteiger partial charge in [-0.2, -0.15) is 0 Å². The molecule has 0 saturated carbocycles. The molecule has 0 fully saturated rings. The zero-order valence-corrected chi connectivity index (χ0v) is 12.6. The van der Waals surface area contributed by atoms with Crippen LogP contribution in [0, 0.1) is 0 Å². The summed E-state index contributed by atoms with van der Waals surface area (Å²) in [6.07, 6.45) is 4.23. The highest BCUT2D eigenvalue weighted by Crippen LogP contribution is 2.35. The molecular weight excluding hydrogens is 325 g/mol. The molecule has 0 aliphatic carbocycles. The Labute approximate surface area is 134 Å². The summed E-state index contributed by atoms with van der Waals surface area (Å²) in [5, 5.41) is 1.01. The number of hydrogen-bond donors (Lipinski definition) is 2. The Morgan fingerprint density at radius 2 is 1.95 bits per heavy atom. The lowest BCUT2D eigenvalue weighted by Gasteiger charge is -2.09. The van der Waals surface area contributed by atoms with Crippen LogP contribution in [0.1, 0.15) is 10.4 Å². The lowest BCUT2D eigenvalue weighted by Crippen LogP contribution is -2.22. The van der Waals surface area contributed by atoms with E-state index in [4.69, 9.17) is 28.9 Å². The molecule has 0 saturated heterocycles. The van der Waals surface area contributed by atoms with E-state index in [1.807, 2.05) is 0 Å². The van der Waals surface area contributed by atoms with E-state index in [0.717, 1.165) is 0 Å². The van der Waals surface area contributed by atoms with Crippen molar-refractivity contribution in [3.63, 3.8) is 0 Å². The molecule has 1 aromatic carbocycles. The summed E-state index contributed by atoms with van der Waals surface area (Å²) < 4.78 is 0. The fourth-order valence-electron chi connectivity index (χ4n) is 2.24.